The average molecular weight is 266 g/mol. The zero-order chi connectivity index (χ0) is 13.3. The minimum absolute atomic E-state index is 0.192. The van der Waals surface area contributed by atoms with Gasteiger partial charge in [0.1, 0.15) is 0 Å². The van der Waals surface area contributed by atoms with E-state index in [2.05, 4.69) is 15.1 Å². The van der Waals surface area contributed by atoms with Crippen molar-refractivity contribution in [1.82, 2.24) is 19.7 Å². The van der Waals surface area contributed by atoms with Crippen LogP contribution in [0.15, 0.2) is 18.6 Å². The zero-order valence-electron chi connectivity index (χ0n) is 10.6. The van der Waals surface area contributed by atoms with Crippen molar-refractivity contribution in [3.63, 3.8) is 0 Å². The highest BCUT2D eigenvalue weighted by molar-refractivity contribution is 6.31. The molecule has 0 bridgehead atoms. The molecule has 18 heavy (non-hydrogen) atoms. The molecule has 2 heterocycles. The quantitative estimate of drug-likeness (QED) is 0.924. The van der Waals surface area contributed by atoms with Gasteiger partial charge in [0.15, 0.2) is 0 Å². The maximum atomic E-state index is 6.20. The predicted octanol–water partition coefficient (Wildman–Crippen LogP) is 2.26. The third-order valence-electron chi connectivity index (χ3n) is 2.69. The number of aromatic nitrogens is 4. The van der Waals surface area contributed by atoms with Crippen molar-refractivity contribution >= 4 is 11.6 Å². The lowest BCUT2D eigenvalue weighted by Gasteiger charge is -2.16. The summed E-state index contributed by atoms with van der Waals surface area (Å²) < 4.78 is 1.81. The van der Waals surface area contributed by atoms with Crippen LogP contribution >= 0.6 is 11.6 Å². The van der Waals surface area contributed by atoms with Gasteiger partial charge in [0.05, 0.1) is 40.5 Å². The van der Waals surface area contributed by atoms with Gasteiger partial charge in [-0.15, -0.1) is 0 Å². The summed E-state index contributed by atoms with van der Waals surface area (Å²) in [6.45, 7) is 5.94. The normalized spacial score (nSPS) is 13.0. The molecule has 0 fully saturated rings. The van der Waals surface area contributed by atoms with E-state index in [-0.39, 0.29) is 6.04 Å². The van der Waals surface area contributed by atoms with Crippen molar-refractivity contribution in [2.45, 2.75) is 32.9 Å². The summed E-state index contributed by atoms with van der Waals surface area (Å²) in [4.78, 5) is 8.49. The summed E-state index contributed by atoms with van der Waals surface area (Å²) in [7, 11) is 0. The van der Waals surface area contributed by atoms with E-state index in [1.165, 1.54) is 0 Å². The second-order valence-corrected chi connectivity index (χ2v) is 4.88. The van der Waals surface area contributed by atoms with E-state index in [1.54, 1.807) is 18.6 Å². The van der Waals surface area contributed by atoms with Gasteiger partial charge in [0.25, 0.3) is 0 Å². The van der Waals surface area contributed by atoms with E-state index in [9.17, 15) is 0 Å². The fourth-order valence-corrected chi connectivity index (χ4v) is 2.00. The molecule has 0 saturated carbocycles. The van der Waals surface area contributed by atoms with Gasteiger partial charge in [-0.1, -0.05) is 11.6 Å². The minimum atomic E-state index is -0.421. The first-order chi connectivity index (χ1) is 8.50. The fourth-order valence-electron chi connectivity index (χ4n) is 1.76. The average Bonchev–Trinajstić information content (AvgIpc) is 2.71. The van der Waals surface area contributed by atoms with E-state index < -0.39 is 6.04 Å². The molecule has 96 valence electrons. The Labute approximate surface area is 111 Å². The largest absolute Gasteiger partial charge is 0.318 e. The molecule has 2 aromatic rings. The second-order valence-electron chi connectivity index (χ2n) is 4.48. The summed E-state index contributed by atoms with van der Waals surface area (Å²) in [5.74, 6) is 0. The van der Waals surface area contributed by atoms with Crippen molar-refractivity contribution in [3.05, 3.63) is 40.7 Å². The molecule has 0 aliphatic carbocycles. The summed E-state index contributed by atoms with van der Waals surface area (Å²) >= 11 is 6.15. The van der Waals surface area contributed by atoms with Crippen LogP contribution in [0.2, 0.25) is 5.02 Å². The molecule has 2 N–H and O–H groups in total. The summed E-state index contributed by atoms with van der Waals surface area (Å²) in [5.41, 5.74) is 8.51. The van der Waals surface area contributed by atoms with Crippen molar-refractivity contribution in [1.29, 1.82) is 0 Å². The molecule has 1 unspecified atom stereocenters. The highest BCUT2D eigenvalue weighted by Crippen LogP contribution is 2.27. The molecule has 0 saturated heterocycles. The number of rotatable bonds is 3. The van der Waals surface area contributed by atoms with Gasteiger partial charge in [-0.25, -0.2) is 0 Å². The zero-order valence-corrected chi connectivity index (χ0v) is 11.4. The third-order valence-corrected chi connectivity index (χ3v) is 2.98. The van der Waals surface area contributed by atoms with Crippen LogP contribution < -0.4 is 5.73 Å². The molecule has 0 aromatic carbocycles. The topological polar surface area (TPSA) is 69.6 Å². The number of hydrogen-bond acceptors (Lipinski definition) is 4. The van der Waals surface area contributed by atoms with Crippen LogP contribution in [0.4, 0.5) is 0 Å². The maximum Gasteiger partial charge on any atom is 0.0928 e. The number of aryl methyl sites for hydroxylation is 1. The van der Waals surface area contributed by atoms with Gasteiger partial charge in [0.2, 0.25) is 0 Å². The highest BCUT2D eigenvalue weighted by Gasteiger charge is 2.21. The monoisotopic (exact) mass is 265 g/mol. The van der Waals surface area contributed by atoms with E-state index in [0.29, 0.717) is 10.7 Å². The number of nitrogens with two attached hydrogens (primary N) is 1. The Morgan fingerprint density at radius 3 is 2.50 bits per heavy atom. The van der Waals surface area contributed by atoms with Gasteiger partial charge in [0, 0.05) is 12.2 Å². The Kier molecular flexibility index (Phi) is 3.63. The number of halogens is 1. The van der Waals surface area contributed by atoms with Crippen molar-refractivity contribution in [2.75, 3.05) is 0 Å². The Morgan fingerprint density at radius 1 is 1.22 bits per heavy atom. The van der Waals surface area contributed by atoms with E-state index >= 15 is 0 Å². The molecule has 0 radical (unpaired) electrons. The van der Waals surface area contributed by atoms with Gasteiger partial charge in [-0.2, -0.15) is 5.10 Å². The third kappa shape index (κ3) is 2.37. The predicted molar refractivity (Wildman–Crippen MR) is 70.4 cm³/mol. The Balaban J connectivity index is 2.42. The molecule has 0 amide bonds. The number of hydrogen-bond donors (Lipinski definition) is 1. The Morgan fingerprint density at radius 2 is 1.94 bits per heavy atom. The molecule has 2 aromatic heterocycles. The van der Waals surface area contributed by atoms with Crippen LogP contribution in [0.3, 0.4) is 0 Å². The molecular weight excluding hydrogens is 250 g/mol. The molecule has 2 rings (SSSR count). The summed E-state index contributed by atoms with van der Waals surface area (Å²) in [5, 5.41) is 4.79. The van der Waals surface area contributed by atoms with Gasteiger partial charge in [-0.05, 0) is 20.8 Å². The molecule has 0 aliphatic rings. The SMILES string of the molecule is Cc1cnc(C(N)c2c(Cl)cnn2C(C)C)cn1. The van der Waals surface area contributed by atoms with Crippen LogP contribution in [0.5, 0.6) is 0 Å². The number of nitrogens with zero attached hydrogens (tertiary/aromatic N) is 4. The first-order valence-corrected chi connectivity index (χ1v) is 6.15. The molecule has 5 nitrogen and oxygen atoms in total. The van der Waals surface area contributed by atoms with Crippen LogP contribution in [0.1, 0.15) is 43.0 Å². The van der Waals surface area contributed by atoms with Crippen LogP contribution in [0, 0.1) is 6.92 Å². The van der Waals surface area contributed by atoms with Gasteiger partial charge >= 0.3 is 0 Å². The molecule has 6 heteroatoms. The van der Waals surface area contributed by atoms with Crippen LogP contribution in [0.25, 0.3) is 0 Å². The maximum absolute atomic E-state index is 6.20. The first-order valence-electron chi connectivity index (χ1n) is 5.77. The van der Waals surface area contributed by atoms with Crippen molar-refractivity contribution in [3.8, 4) is 0 Å². The van der Waals surface area contributed by atoms with Gasteiger partial charge in [-0.3, -0.25) is 14.6 Å². The molecule has 0 spiro atoms. The van der Waals surface area contributed by atoms with Crippen LogP contribution in [-0.2, 0) is 0 Å². The molecule has 0 aliphatic heterocycles. The summed E-state index contributed by atoms with van der Waals surface area (Å²) in [6.07, 6.45) is 4.98. The van der Waals surface area contributed by atoms with E-state index in [4.69, 9.17) is 17.3 Å². The van der Waals surface area contributed by atoms with Crippen molar-refractivity contribution < 1.29 is 0 Å². The first kappa shape index (κ1) is 13.0. The lowest BCUT2D eigenvalue weighted by Crippen LogP contribution is -2.20. The highest BCUT2D eigenvalue weighted by atomic mass is 35.5. The lowest BCUT2D eigenvalue weighted by atomic mass is 10.1. The standard InChI is InChI=1S/C12H16ClN5/c1-7(2)18-12(9(13)5-17-18)11(14)10-6-15-8(3)4-16-10/h4-7,11H,14H2,1-3H3. The lowest BCUT2D eigenvalue weighted by molar-refractivity contribution is 0.497. The van der Waals surface area contributed by atoms with E-state index in [1.807, 2.05) is 25.5 Å². The van der Waals surface area contributed by atoms with Crippen molar-refractivity contribution in [2.24, 2.45) is 5.73 Å². The fraction of sp³-hybridized carbons (Fsp3) is 0.417. The van der Waals surface area contributed by atoms with E-state index in [0.717, 1.165) is 11.4 Å². The Hall–Kier alpha value is -1.46. The summed E-state index contributed by atoms with van der Waals surface area (Å²) in [6, 6.07) is -0.229. The second kappa shape index (κ2) is 5.04. The van der Waals surface area contributed by atoms with Gasteiger partial charge < -0.3 is 5.73 Å². The minimum Gasteiger partial charge on any atom is -0.318 e. The van der Waals surface area contributed by atoms with Crippen LogP contribution in [-0.4, -0.2) is 19.7 Å². The smallest absolute Gasteiger partial charge is 0.0928 e. The Bertz CT molecular complexity index is 532. The molecule has 1 atom stereocenters. The molecular formula is C12H16ClN5.